The van der Waals surface area contributed by atoms with Gasteiger partial charge in [0.25, 0.3) is 0 Å². The zero-order chi connectivity index (χ0) is 13.2. The predicted octanol–water partition coefficient (Wildman–Crippen LogP) is 2.01. The zero-order valence-electron chi connectivity index (χ0n) is 11.5. The third-order valence-corrected chi connectivity index (χ3v) is 3.51. The number of amides is 1. The first-order valence-corrected chi connectivity index (χ1v) is 7.15. The third-order valence-electron chi connectivity index (χ3n) is 3.51. The molecule has 1 aliphatic rings. The lowest BCUT2D eigenvalue weighted by Crippen LogP contribution is -2.48. The van der Waals surface area contributed by atoms with Crippen LogP contribution >= 0.6 is 0 Å². The van der Waals surface area contributed by atoms with Crippen LogP contribution in [0.3, 0.4) is 0 Å². The molecule has 0 aromatic rings. The van der Waals surface area contributed by atoms with Gasteiger partial charge in [-0.2, -0.15) is 5.26 Å². The Morgan fingerprint density at radius 2 is 1.78 bits per heavy atom. The van der Waals surface area contributed by atoms with Crippen LogP contribution in [0, 0.1) is 11.3 Å². The normalized spacial score (nSPS) is 16.6. The highest BCUT2D eigenvalue weighted by Crippen LogP contribution is 2.09. The van der Waals surface area contributed by atoms with Crippen molar-refractivity contribution in [3.63, 3.8) is 0 Å². The molecule has 102 valence electrons. The average Bonchev–Trinajstić information content (AvgIpc) is 2.39. The Hall–Kier alpha value is -1.08. The Kier molecular flexibility index (Phi) is 7.43. The fourth-order valence-electron chi connectivity index (χ4n) is 2.29. The molecule has 1 saturated heterocycles. The predicted molar refractivity (Wildman–Crippen MR) is 72.0 cm³/mol. The lowest BCUT2D eigenvalue weighted by atomic mass is 10.1. The molecule has 1 amide bonds. The van der Waals surface area contributed by atoms with Gasteiger partial charge in [0.1, 0.15) is 0 Å². The Labute approximate surface area is 111 Å². The van der Waals surface area contributed by atoms with Crippen molar-refractivity contribution >= 4 is 5.91 Å². The summed E-state index contributed by atoms with van der Waals surface area (Å²) in [6.07, 6.45) is 6.67. The molecule has 1 heterocycles. The van der Waals surface area contributed by atoms with Crippen molar-refractivity contribution in [1.29, 1.82) is 5.26 Å². The molecule has 0 aromatic heterocycles. The highest BCUT2D eigenvalue weighted by atomic mass is 16.2. The van der Waals surface area contributed by atoms with Gasteiger partial charge in [-0.15, -0.1) is 0 Å². The molecule has 0 radical (unpaired) electrons. The Morgan fingerprint density at radius 3 is 2.39 bits per heavy atom. The molecule has 0 aromatic carbocycles. The minimum atomic E-state index is 0.295. The molecule has 0 N–H and O–H groups in total. The maximum atomic E-state index is 11.9. The molecule has 0 atom stereocenters. The lowest BCUT2D eigenvalue weighted by Gasteiger charge is -2.33. The van der Waals surface area contributed by atoms with Gasteiger partial charge in [-0.1, -0.05) is 32.6 Å². The van der Waals surface area contributed by atoms with E-state index in [9.17, 15) is 4.79 Å². The van der Waals surface area contributed by atoms with Gasteiger partial charge < -0.3 is 4.90 Å². The van der Waals surface area contributed by atoms with Crippen molar-refractivity contribution in [2.45, 2.75) is 45.4 Å². The van der Waals surface area contributed by atoms with Gasteiger partial charge in [0.15, 0.2) is 0 Å². The third kappa shape index (κ3) is 5.50. The standard InChI is InChI=1S/C14H25N3O/c1-2-3-4-5-6-7-14(18)17-12-10-16(9-8-15)11-13-17/h2-7,9-13H2,1H3. The van der Waals surface area contributed by atoms with E-state index in [1.807, 2.05) is 4.90 Å². The molecule has 0 aliphatic carbocycles. The van der Waals surface area contributed by atoms with Crippen molar-refractivity contribution in [2.75, 3.05) is 32.7 Å². The van der Waals surface area contributed by atoms with E-state index in [2.05, 4.69) is 17.9 Å². The van der Waals surface area contributed by atoms with Crippen LogP contribution in [0.15, 0.2) is 0 Å². The summed E-state index contributed by atoms with van der Waals surface area (Å²) in [4.78, 5) is 16.0. The molecule has 4 nitrogen and oxygen atoms in total. The summed E-state index contributed by atoms with van der Waals surface area (Å²) in [5.41, 5.74) is 0. The highest BCUT2D eigenvalue weighted by molar-refractivity contribution is 5.76. The SMILES string of the molecule is CCCCCCCC(=O)N1CCN(CC#N)CC1. The number of nitriles is 1. The number of carbonyl (C=O) groups excluding carboxylic acids is 1. The quantitative estimate of drug-likeness (QED) is 0.514. The monoisotopic (exact) mass is 251 g/mol. The maximum Gasteiger partial charge on any atom is 0.222 e. The van der Waals surface area contributed by atoms with E-state index in [0.29, 0.717) is 18.9 Å². The van der Waals surface area contributed by atoms with E-state index in [0.717, 1.165) is 32.6 Å². The van der Waals surface area contributed by atoms with E-state index in [-0.39, 0.29) is 0 Å². The highest BCUT2D eigenvalue weighted by Gasteiger charge is 2.19. The van der Waals surface area contributed by atoms with Crippen LogP contribution in [-0.2, 0) is 4.79 Å². The fourth-order valence-corrected chi connectivity index (χ4v) is 2.29. The van der Waals surface area contributed by atoms with Crippen molar-refractivity contribution in [1.82, 2.24) is 9.80 Å². The van der Waals surface area contributed by atoms with Gasteiger partial charge in [0, 0.05) is 32.6 Å². The number of piperazine rings is 1. The molecule has 1 fully saturated rings. The van der Waals surface area contributed by atoms with Gasteiger partial charge in [0.05, 0.1) is 12.6 Å². The summed E-state index contributed by atoms with van der Waals surface area (Å²) in [6, 6.07) is 2.16. The van der Waals surface area contributed by atoms with Gasteiger partial charge in [-0.05, 0) is 6.42 Å². The largest absolute Gasteiger partial charge is 0.340 e. The van der Waals surface area contributed by atoms with Crippen LogP contribution in [0.2, 0.25) is 0 Å². The molecule has 1 rings (SSSR count). The first-order valence-electron chi connectivity index (χ1n) is 7.15. The van der Waals surface area contributed by atoms with Crippen LogP contribution in [0.5, 0.6) is 0 Å². The van der Waals surface area contributed by atoms with Crippen molar-refractivity contribution < 1.29 is 4.79 Å². The van der Waals surface area contributed by atoms with Crippen molar-refractivity contribution in [3.05, 3.63) is 0 Å². The molecule has 4 heteroatoms. The Morgan fingerprint density at radius 1 is 1.11 bits per heavy atom. The van der Waals surface area contributed by atoms with E-state index in [1.54, 1.807) is 0 Å². The topological polar surface area (TPSA) is 47.3 Å². The summed E-state index contributed by atoms with van der Waals surface area (Å²) in [5.74, 6) is 0.295. The van der Waals surface area contributed by atoms with Gasteiger partial charge in [0.2, 0.25) is 5.91 Å². The first-order chi connectivity index (χ1) is 8.77. The lowest BCUT2D eigenvalue weighted by molar-refractivity contribution is -0.133. The summed E-state index contributed by atoms with van der Waals surface area (Å²) < 4.78 is 0. The summed E-state index contributed by atoms with van der Waals surface area (Å²) >= 11 is 0. The van der Waals surface area contributed by atoms with Crippen LogP contribution in [-0.4, -0.2) is 48.4 Å². The van der Waals surface area contributed by atoms with Crippen molar-refractivity contribution in [3.8, 4) is 6.07 Å². The number of unbranched alkanes of at least 4 members (excludes halogenated alkanes) is 4. The molecule has 0 spiro atoms. The molecule has 18 heavy (non-hydrogen) atoms. The minimum absolute atomic E-state index is 0.295. The number of hydrogen-bond donors (Lipinski definition) is 0. The molecular weight excluding hydrogens is 226 g/mol. The zero-order valence-corrected chi connectivity index (χ0v) is 11.5. The number of nitrogens with zero attached hydrogens (tertiary/aromatic N) is 3. The number of hydrogen-bond acceptors (Lipinski definition) is 3. The second-order valence-electron chi connectivity index (χ2n) is 4.98. The minimum Gasteiger partial charge on any atom is -0.340 e. The first kappa shape index (κ1) is 15.0. The molecule has 1 aliphatic heterocycles. The molecule has 0 unspecified atom stereocenters. The van der Waals surface area contributed by atoms with Crippen molar-refractivity contribution in [2.24, 2.45) is 0 Å². The summed E-state index contributed by atoms with van der Waals surface area (Å²) in [5, 5.41) is 8.61. The van der Waals surface area contributed by atoms with E-state index in [1.165, 1.54) is 25.7 Å². The van der Waals surface area contributed by atoms with Gasteiger partial charge in [-0.3, -0.25) is 9.69 Å². The van der Waals surface area contributed by atoms with E-state index < -0.39 is 0 Å². The van der Waals surface area contributed by atoms with Gasteiger partial charge in [-0.25, -0.2) is 0 Å². The summed E-state index contributed by atoms with van der Waals surface area (Å²) in [7, 11) is 0. The molecule has 0 bridgehead atoms. The van der Waals surface area contributed by atoms with Gasteiger partial charge >= 0.3 is 0 Å². The fraction of sp³-hybridized carbons (Fsp3) is 0.857. The smallest absolute Gasteiger partial charge is 0.222 e. The molecular formula is C14H25N3O. The second kappa shape index (κ2) is 8.93. The maximum absolute atomic E-state index is 11.9. The second-order valence-corrected chi connectivity index (χ2v) is 4.98. The number of rotatable bonds is 7. The number of carbonyl (C=O) groups is 1. The average molecular weight is 251 g/mol. The van der Waals surface area contributed by atoms with Crippen LogP contribution in [0.4, 0.5) is 0 Å². The summed E-state index contributed by atoms with van der Waals surface area (Å²) in [6.45, 7) is 5.94. The van der Waals surface area contributed by atoms with Crippen LogP contribution in [0.25, 0.3) is 0 Å². The Bertz CT molecular complexity index is 277. The van der Waals surface area contributed by atoms with E-state index in [4.69, 9.17) is 5.26 Å². The van der Waals surface area contributed by atoms with Crippen LogP contribution in [0.1, 0.15) is 45.4 Å². The van der Waals surface area contributed by atoms with Crippen LogP contribution < -0.4 is 0 Å². The Balaban J connectivity index is 2.10. The molecule has 0 saturated carbocycles. The van der Waals surface area contributed by atoms with E-state index >= 15 is 0 Å².